The van der Waals surface area contributed by atoms with Crippen LogP contribution in [0.5, 0.6) is 0 Å². The summed E-state index contributed by atoms with van der Waals surface area (Å²) in [5.41, 5.74) is 6.21. The van der Waals surface area contributed by atoms with Crippen molar-refractivity contribution in [1.82, 2.24) is 9.78 Å². The first-order chi connectivity index (χ1) is 6.94. The Labute approximate surface area is 90.6 Å². The van der Waals surface area contributed by atoms with Gasteiger partial charge in [0.1, 0.15) is 0 Å². The summed E-state index contributed by atoms with van der Waals surface area (Å²) in [6.45, 7) is 7.43. The molecule has 0 aliphatic carbocycles. The van der Waals surface area contributed by atoms with Crippen molar-refractivity contribution >= 4 is 11.5 Å². The van der Waals surface area contributed by atoms with Gasteiger partial charge in [0, 0.05) is 26.4 Å². The Balaban J connectivity index is 2.53. The third kappa shape index (κ3) is 3.43. The maximum absolute atomic E-state index is 5.76. The van der Waals surface area contributed by atoms with Gasteiger partial charge in [0.25, 0.3) is 0 Å². The van der Waals surface area contributed by atoms with Crippen LogP contribution in [0.4, 0.5) is 11.5 Å². The van der Waals surface area contributed by atoms with E-state index in [1.807, 2.05) is 27.8 Å². The highest BCUT2D eigenvalue weighted by Crippen LogP contribution is 2.16. The number of nitrogens with two attached hydrogens (primary N) is 1. The summed E-state index contributed by atoms with van der Waals surface area (Å²) in [4.78, 5) is 0. The zero-order valence-corrected chi connectivity index (χ0v) is 9.87. The first-order valence-corrected chi connectivity index (χ1v) is 5.11. The van der Waals surface area contributed by atoms with E-state index < -0.39 is 0 Å². The smallest absolute Gasteiger partial charge is 0.171 e. The molecule has 0 aliphatic rings. The number of nitrogens with zero attached hydrogens (tertiary/aromatic N) is 2. The molecule has 5 heteroatoms. The average molecular weight is 212 g/mol. The van der Waals surface area contributed by atoms with Crippen molar-refractivity contribution in [3.05, 3.63) is 6.20 Å². The molecule has 1 rings (SSSR count). The van der Waals surface area contributed by atoms with Gasteiger partial charge < -0.3 is 15.8 Å². The quantitative estimate of drug-likeness (QED) is 0.770. The number of nitrogens with one attached hydrogen (secondary N) is 1. The summed E-state index contributed by atoms with van der Waals surface area (Å²) in [5, 5.41) is 7.38. The normalized spacial score (nSPS) is 11.7. The maximum atomic E-state index is 5.76. The molecule has 1 aromatic rings. The molecule has 0 atom stereocenters. The van der Waals surface area contributed by atoms with Crippen LogP contribution in [0.15, 0.2) is 6.20 Å². The van der Waals surface area contributed by atoms with Crippen LogP contribution in [0.2, 0.25) is 0 Å². The van der Waals surface area contributed by atoms with E-state index in [0.717, 1.165) is 0 Å². The third-order valence-corrected chi connectivity index (χ3v) is 2.07. The Kier molecular flexibility index (Phi) is 3.57. The zero-order valence-electron chi connectivity index (χ0n) is 9.87. The Morgan fingerprint density at radius 1 is 1.60 bits per heavy atom. The van der Waals surface area contributed by atoms with Crippen molar-refractivity contribution in [2.24, 2.45) is 7.05 Å². The van der Waals surface area contributed by atoms with Crippen LogP contribution in [-0.2, 0) is 11.8 Å². The third-order valence-electron chi connectivity index (χ3n) is 2.07. The van der Waals surface area contributed by atoms with Crippen LogP contribution in [0.1, 0.15) is 20.8 Å². The molecule has 1 heterocycles. The fraction of sp³-hybridized carbons (Fsp3) is 0.700. The molecular formula is C10H20N4O. The first kappa shape index (κ1) is 11.8. The number of anilines is 2. The standard InChI is InChI=1S/C10H20N4O/c1-5-15-10(2,3)7-12-9-8(11)6-14(4)13-9/h6H,5,7,11H2,1-4H3,(H,12,13). The second-order valence-corrected chi connectivity index (χ2v) is 4.15. The molecule has 0 saturated carbocycles. The fourth-order valence-corrected chi connectivity index (χ4v) is 1.38. The van der Waals surface area contributed by atoms with Crippen LogP contribution in [0.25, 0.3) is 0 Å². The Morgan fingerprint density at radius 2 is 2.27 bits per heavy atom. The Bertz CT molecular complexity index is 319. The topological polar surface area (TPSA) is 65.1 Å². The van der Waals surface area contributed by atoms with Gasteiger partial charge in [0.05, 0.1) is 11.3 Å². The fourth-order valence-electron chi connectivity index (χ4n) is 1.38. The average Bonchev–Trinajstić information content (AvgIpc) is 2.42. The summed E-state index contributed by atoms with van der Waals surface area (Å²) >= 11 is 0. The highest BCUT2D eigenvalue weighted by Gasteiger charge is 2.18. The lowest BCUT2D eigenvalue weighted by Crippen LogP contribution is -2.33. The van der Waals surface area contributed by atoms with E-state index in [1.165, 1.54) is 0 Å². The lowest BCUT2D eigenvalue weighted by Gasteiger charge is -2.24. The number of rotatable bonds is 5. The van der Waals surface area contributed by atoms with Crippen molar-refractivity contribution in [3.8, 4) is 0 Å². The van der Waals surface area contributed by atoms with E-state index >= 15 is 0 Å². The molecule has 15 heavy (non-hydrogen) atoms. The number of hydrogen-bond acceptors (Lipinski definition) is 4. The molecule has 0 fully saturated rings. The number of ether oxygens (including phenoxy) is 1. The second-order valence-electron chi connectivity index (χ2n) is 4.15. The van der Waals surface area contributed by atoms with Gasteiger partial charge in [-0.1, -0.05) is 0 Å². The molecule has 0 aliphatic heterocycles. The van der Waals surface area contributed by atoms with Gasteiger partial charge >= 0.3 is 0 Å². The summed E-state index contributed by atoms with van der Waals surface area (Å²) in [6, 6.07) is 0. The van der Waals surface area contributed by atoms with E-state index in [-0.39, 0.29) is 5.60 Å². The highest BCUT2D eigenvalue weighted by molar-refractivity contribution is 5.59. The van der Waals surface area contributed by atoms with Crippen LogP contribution >= 0.6 is 0 Å². The molecule has 5 nitrogen and oxygen atoms in total. The van der Waals surface area contributed by atoms with Crippen molar-refractivity contribution in [1.29, 1.82) is 0 Å². The Morgan fingerprint density at radius 3 is 2.73 bits per heavy atom. The number of hydrogen-bond donors (Lipinski definition) is 2. The van der Waals surface area contributed by atoms with Crippen molar-refractivity contribution < 1.29 is 4.74 Å². The van der Waals surface area contributed by atoms with Crippen molar-refractivity contribution in [3.63, 3.8) is 0 Å². The number of nitrogen functional groups attached to an aromatic ring is 1. The maximum Gasteiger partial charge on any atom is 0.171 e. The summed E-state index contributed by atoms with van der Waals surface area (Å²) in [5.74, 6) is 0.713. The largest absolute Gasteiger partial charge is 0.394 e. The van der Waals surface area contributed by atoms with Gasteiger partial charge in [-0.15, -0.1) is 0 Å². The Hall–Kier alpha value is -1.23. The van der Waals surface area contributed by atoms with Crippen LogP contribution in [-0.4, -0.2) is 28.5 Å². The lowest BCUT2D eigenvalue weighted by atomic mass is 10.1. The minimum atomic E-state index is -0.210. The summed E-state index contributed by atoms with van der Waals surface area (Å²) < 4.78 is 7.25. The molecule has 0 amide bonds. The highest BCUT2D eigenvalue weighted by atomic mass is 16.5. The van der Waals surface area contributed by atoms with Crippen LogP contribution in [0, 0.1) is 0 Å². The zero-order chi connectivity index (χ0) is 11.5. The minimum Gasteiger partial charge on any atom is -0.394 e. The lowest BCUT2D eigenvalue weighted by molar-refractivity contribution is 0.000648. The molecule has 0 unspecified atom stereocenters. The number of aryl methyl sites for hydroxylation is 1. The molecule has 0 bridgehead atoms. The van der Waals surface area contributed by atoms with E-state index in [1.54, 1.807) is 10.9 Å². The monoisotopic (exact) mass is 212 g/mol. The van der Waals surface area contributed by atoms with Gasteiger partial charge in [-0.2, -0.15) is 5.10 Å². The predicted octanol–water partition coefficient (Wildman–Crippen LogP) is 1.23. The summed E-state index contributed by atoms with van der Waals surface area (Å²) in [7, 11) is 1.84. The van der Waals surface area contributed by atoms with E-state index in [0.29, 0.717) is 24.7 Å². The molecule has 0 spiro atoms. The van der Waals surface area contributed by atoms with E-state index in [9.17, 15) is 0 Å². The molecule has 3 N–H and O–H groups in total. The second kappa shape index (κ2) is 4.53. The van der Waals surface area contributed by atoms with Crippen LogP contribution < -0.4 is 11.1 Å². The molecule has 1 aromatic heterocycles. The molecule has 86 valence electrons. The minimum absolute atomic E-state index is 0.210. The molecular weight excluding hydrogens is 192 g/mol. The van der Waals surface area contributed by atoms with Gasteiger partial charge in [-0.3, -0.25) is 4.68 Å². The molecule has 0 aromatic carbocycles. The van der Waals surface area contributed by atoms with Crippen molar-refractivity contribution in [2.75, 3.05) is 24.2 Å². The van der Waals surface area contributed by atoms with Gasteiger partial charge in [-0.05, 0) is 20.8 Å². The van der Waals surface area contributed by atoms with Gasteiger partial charge in [-0.25, -0.2) is 0 Å². The summed E-state index contributed by atoms with van der Waals surface area (Å²) in [6.07, 6.45) is 1.77. The van der Waals surface area contributed by atoms with Gasteiger partial charge in [0.2, 0.25) is 0 Å². The molecule has 0 saturated heterocycles. The van der Waals surface area contributed by atoms with E-state index in [4.69, 9.17) is 10.5 Å². The van der Waals surface area contributed by atoms with Crippen molar-refractivity contribution in [2.45, 2.75) is 26.4 Å². The van der Waals surface area contributed by atoms with E-state index in [2.05, 4.69) is 10.4 Å². The first-order valence-electron chi connectivity index (χ1n) is 5.11. The number of aromatic nitrogens is 2. The van der Waals surface area contributed by atoms with Crippen LogP contribution in [0.3, 0.4) is 0 Å². The predicted molar refractivity (Wildman–Crippen MR) is 61.8 cm³/mol. The SMILES string of the molecule is CCOC(C)(C)CNc1nn(C)cc1N. The molecule has 0 radical (unpaired) electrons. The van der Waals surface area contributed by atoms with Gasteiger partial charge in [0.15, 0.2) is 5.82 Å².